The molecule has 2 aromatic carbocycles. The number of carbonyl (C=O) groups is 2. The van der Waals surface area contributed by atoms with E-state index in [9.17, 15) is 9.59 Å². The molecule has 0 bridgehead atoms. The monoisotopic (exact) mass is 338 g/mol. The van der Waals surface area contributed by atoms with Crippen molar-refractivity contribution < 1.29 is 14.3 Å². The molecular formula is C20H22N2O3. The fraction of sp³-hybridized carbons (Fsp3) is 0.300. The molecule has 5 nitrogen and oxygen atoms in total. The van der Waals surface area contributed by atoms with E-state index in [2.05, 4.69) is 5.32 Å². The number of ether oxygens (including phenoxy) is 1. The molecule has 0 saturated carbocycles. The van der Waals surface area contributed by atoms with Crippen molar-refractivity contribution >= 4 is 17.5 Å². The summed E-state index contributed by atoms with van der Waals surface area (Å²) in [5.41, 5.74) is 1.85. The molecule has 1 atom stereocenters. The third kappa shape index (κ3) is 4.38. The molecule has 1 heterocycles. The summed E-state index contributed by atoms with van der Waals surface area (Å²) in [5.74, 6) is 0.975. The number of methoxy groups -OCH3 is 1. The lowest BCUT2D eigenvalue weighted by atomic mass is 10.1. The maximum Gasteiger partial charge on any atom is 0.227 e. The minimum Gasteiger partial charge on any atom is -0.497 e. The van der Waals surface area contributed by atoms with Gasteiger partial charge in [0.05, 0.1) is 13.5 Å². The fourth-order valence-electron chi connectivity index (χ4n) is 3.03. The second-order valence-electron chi connectivity index (χ2n) is 6.24. The number of nitrogens with one attached hydrogen (secondary N) is 1. The second-order valence-corrected chi connectivity index (χ2v) is 6.24. The predicted octanol–water partition coefficient (Wildman–Crippen LogP) is 2.41. The molecule has 1 unspecified atom stereocenters. The third-order valence-electron chi connectivity index (χ3n) is 4.38. The van der Waals surface area contributed by atoms with E-state index < -0.39 is 0 Å². The van der Waals surface area contributed by atoms with E-state index in [1.54, 1.807) is 12.0 Å². The van der Waals surface area contributed by atoms with E-state index in [1.165, 1.54) is 0 Å². The Bertz CT molecular complexity index is 728. The average Bonchev–Trinajstić information content (AvgIpc) is 3.02. The van der Waals surface area contributed by atoms with Gasteiger partial charge in [-0.15, -0.1) is 0 Å². The Labute approximate surface area is 147 Å². The summed E-state index contributed by atoms with van der Waals surface area (Å²) in [6.07, 6.45) is 0.821. The Kier molecular flexibility index (Phi) is 5.33. The van der Waals surface area contributed by atoms with Crippen LogP contribution in [0.5, 0.6) is 5.75 Å². The molecule has 2 amide bonds. The Hall–Kier alpha value is -2.82. The first-order chi connectivity index (χ1) is 12.2. The number of hydrogen-bond acceptors (Lipinski definition) is 3. The van der Waals surface area contributed by atoms with Crippen LogP contribution in [-0.2, 0) is 16.0 Å². The van der Waals surface area contributed by atoms with E-state index in [4.69, 9.17) is 4.74 Å². The molecule has 25 heavy (non-hydrogen) atoms. The lowest BCUT2D eigenvalue weighted by Crippen LogP contribution is -2.32. The Balaban J connectivity index is 1.51. The highest BCUT2D eigenvalue weighted by atomic mass is 16.5. The summed E-state index contributed by atoms with van der Waals surface area (Å²) >= 11 is 0. The number of rotatable bonds is 6. The van der Waals surface area contributed by atoms with Gasteiger partial charge in [-0.05, 0) is 29.8 Å². The Morgan fingerprint density at radius 1 is 1.16 bits per heavy atom. The average molecular weight is 338 g/mol. The van der Waals surface area contributed by atoms with Crippen molar-refractivity contribution in [3.8, 4) is 5.75 Å². The minimum absolute atomic E-state index is 0.0125. The van der Waals surface area contributed by atoms with Crippen molar-refractivity contribution in [2.75, 3.05) is 25.1 Å². The largest absolute Gasteiger partial charge is 0.497 e. The summed E-state index contributed by atoms with van der Waals surface area (Å²) < 4.78 is 5.14. The van der Waals surface area contributed by atoms with Gasteiger partial charge >= 0.3 is 0 Å². The van der Waals surface area contributed by atoms with E-state index in [0.717, 1.165) is 17.0 Å². The molecule has 2 aromatic rings. The van der Waals surface area contributed by atoms with Crippen molar-refractivity contribution in [1.82, 2.24) is 5.32 Å². The second kappa shape index (κ2) is 7.83. The zero-order valence-electron chi connectivity index (χ0n) is 14.3. The summed E-state index contributed by atoms with van der Waals surface area (Å²) in [4.78, 5) is 26.1. The summed E-state index contributed by atoms with van der Waals surface area (Å²) in [6, 6.07) is 17.1. The number of nitrogens with zero attached hydrogens (tertiary/aromatic N) is 1. The van der Waals surface area contributed by atoms with Crippen LogP contribution in [0.25, 0.3) is 0 Å². The molecule has 1 N–H and O–H groups in total. The van der Waals surface area contributed by atoms with Crippen LogP contribution in [-0.4, -0.2) is 32.0 Å². The van der Waals surface area contributed by atoms with Gasteiger partial charge in [-0.1, -0.05) is 30.3 Å². The number of hydrogen-bond donors (Lipinski definition) is 1. The van der Waals surface area contributed by atoms with E-state index >= 15 is 0 Å². The Morgan fingerprint density at radius 2 is 1.88 bits per heavy atom. The van der Waals surface area contributed by atoms with Crippen LogP contribution >= 0.6 is 0 Å². The van der Waals surface area contributed by atoms with Crippen molar-refractivity contribution in [3.63, 3.8) is 0 Å². The molecule has 0 radical (unpaired) electrons. The van der Waals surface area contributed by atoms with Gasteiger partial charge in [0.1, 0.15) is 5.75 Å². The van der Waals surface area contributed by atoms with Crippen LogP contribution in [0.1, 0.15) is 12.0 Å². The molecule has 130 valence electrons. The molecule has 1 aliphatic rings. The molecule has 1 fully saturated rings. The third-order valence-corrected chi connectivity index (χ3v) is 4.38. The highest BCUT2D eigenvalue weighted by Gasteiger charge is 2.30. The van der Waals surface area contributed by atoms with Crippen LogP contribution in [0.3, 0.4) is 0 Å². The van der Waals surface area contributed by atoms with Crippen molar-refractivity contribution in [1.29, 1.82) is 0 Å². The predicted molar refractivity (Wildman–Crippen MR) is 96.6 cm³/mol. The number of carbonyl (C=O) groups excluding carboxylic acids is 2. The van der Waals surface area contributed by atoms with Gasteiger partial charge in [-0.2, -0.15) is 0 Å². The molecule has 5 heteroatoms. The highest BCUT2D eigenvalue weighted by Crippen LogP contribution is 2.26. The zero-order chi connectivity index (χ0) is 17.6. The maximum atomic E-state index is 12.3. The van der Waals surface area contributed by atoms with Crippen LogP contribution in [0.15, 0.2) is 54.6 Å². The van der Waals surface area contributed by atoms with Crippen LogP contribution < -0.4 is 15.0 Å². The van der Waals surface area contributed by atoms with Crippen molar-refractivity contribution in [2.45, 2.75) is 12.8 Å². The van der Waals surface area contributed by atoms with Gasteiger partial charge < -0.3 is 15.0 Å². The molecule has 3 rings (SSSR count). The molecular weight excluding hydrogens is 316 g/mol. The van der Waals surface area contributed by atoms with Gasteiger partial charge in [0, 0.05) is 31.1 Å². The van der Waals surface area contributed by atoms with Crippen LogP contribution in [0.2, 0.25) is 0 Å². The standard InChI is InChI=1S/C20H22N2O3/c1-25-18-9-7-17(8-10-18)22-14-16(12-20(22)24)13-21-19(23)11-15-5-3-2-4-6-15/h2-10,16H,11-14H2,1H3,(H,21,23). The van der Waals surface area contributed by atoms with Crippen molar-refractivity contribution in [2.24, 2.45) is 5.92 Å². The molecule has 0 spiro atoms. The number of amides is 2. The molecule has 1 saturated heterocycles. The normalized spacial score (nSPS) is 16.8. The van der Waals surface area contributed by atoms with Crippen molar-refractivity contribution in [3.05, 3.63) is 60.2 Å². The van der Waals surface area contributed by atoms with Crippen LogP contribution in [0, 0.1) is 5.92 Å². The number of anilines is 1. The first-order valence-corrected chi connectivity index (χ1v) is 8.41. The SMILES string of the molecule is COc1ccc(N2CC(CNC(=O)Cc3ccccc3)CC2=O)cc1. The fourth-order valence-corrected chi connectivity index (χ4v) is 3.03. The molecule has 0 aliphatic carbocycles. The molecule has 0 aromatic heterocycles. The van der Waals surface area contributed by atoms with Gasteiger partial charge in [-0.25, -0.2) is 0 Å². The van der Waals surface area contributed by atoms with Gasteiger partial charge in [-0.3, -0.25) is 9.59 Å². The lowest BCUT2D eigenvalue weighted by molar-refractivity contribution is -0.121. The first kappa shape index (κ1) is 17.0. The van der Waals surface area contributed by atoms with E-state index in [0.29, 0.717) is 25.9 Å². The maximum absolute atomic E-state index is 12.3. The zero-order valence-corrected chi connectivity index (χ0v) is 14.3. The lowest BCUT2D eigenvalue weighted by Gasteiger charge is -2.17. The van der Waals surface area contributed by atoms with Gasteiger partial charge in [0.15, 0.2) is 0 Å². The quantitative estimate of drug-likeness (QED) is 0.880. The summed E-state index contributed by atoms with van der Waals surface area (Å²) in [7, 11) is 1.62. The van der Waals surface area contributed by atoms with E-state index in [1.807, 2.05) is 54.6 Å². The first-order valence-electron chi connectivity index (χ1n) is 8.41. The Morgan fingerprint density at radius 3 is 2.56 bits per heavy atom. The highest BCUT2D eigenvalue weighted by molar-refractivity contribution is 5.95. The topological polar surface area (TPSA) is 58.6 Å². The van der Waals surface area contributed by atoms with Gasteiger partial charge in [0.2, 0.25) is 11.8 Å². The minimum atomic E-state index is -0.0125. The summed E-state index contributed by atoms with van der Waals surface area (Å²) in [5, 5.41) is 2.95. The van der Waals surface area contributed by atoms with E-state index in [-0.39, 0.29) is 17.7 Å². The molecule has 1 aliphatic heterocycles. The van der Waals surface area contributed by atoms with Gasteiger partial charge in [0.25, 0.3) is 0 Å². The smallest absolute Gasteiger partial charge is 0.227 e. The van der Waals surface area contributed by atoms with Crippen LogP contribution in [0.4, 0.5) is 5.69 Å². The summed E-state index contributed by atoms with van der Waals surface area (Å²) in [6.45, 7) is 1.14. The number of benzene rings is 2.